The number of hydrogen-bond donors (Lipinski definition) is 3. The van der Waals surface area contributed by atoms with Crippen LogP contribution in [0.15, 0.2) is 12.2 Å². The van der Waals surface area contributed by atoms with Crippen LogP contribution in [0.5, 0.6) is 0 Å². The van der Waals surface area contributed by atoms with Crippen molar-refractivity contribution in [3.8, 4) is 0 Å². The highest BCUT2D eigenvalue weighted by Crippen LogP contribution is 2.24. The molecule has 9 heteroatoms. The number of rotatable bonds is 16. The largest absolute Gasteiger partial charge is 0.392 e. The Hall–Kier alpha value is -1.36. The summed E-state index contributed by atoms with van der Waals surface area (Å²) in [5.74, 6) is -0.779. The SMILES string of the molecule is [CH]OCC(CC)(COCCC(O)CN)COCCC(O)CN1C(=O)CC(=C)C1=O. The number of ether oxygens (including phenoxy) is 3. The summed E-state index contributed by atoms with van der Waals surface area (Å²) in [6.07, 6.45) is -0.0949. The van der Waals surface area contributed by atoms with E-state index in [1.807, 2.05) is 6.92 Å². The summed E-state index contributed by atoms with van der Waals surface area (Å²) in [4.78, 5) is 24.6. The van der Waals surface area contributed by atoms with Crippen LogP contribution in [0.1, 0.15) is 32.6 Å². The van der Waals surface area contributed by atoms with Crippen molar-refractivity contribution in [2.45, 2.75) is 44.8 Å². The van der Waals surface area contributed by atoms with E-state index in [1.165, 1.54) is 0 Å². The molecule has 3 atom stereocenters. The molecule has 0 aliphatic carbocycles. The smallest absolute Gasteiger partial charge is 0.256 e. The zero-order valence-electron chi connectivity index (χ0n) is 17.2. The van der Waals surface area contributed by atoms with Gasteiger partial charge in [-0.15, -0.1) is 0 Å². The third-order valence-electron chi connectivity index (χ3n) is 5.03. The van der Waals surface area contributed by atoms with Gasteiger partial charge >= 0.3 is 0 Å². The fourth-order valence-corrected chi connectivity index (χ4v) is 2.89. The summed E-state index contributed by atoms with van der Waals surface area (Å²) in [5, 5.41) is 19.6. The van der Waals surface area contributed by atoms with Gasteiger partial charge in [0.05, 0.1) is 45.0 Å². The molecule has 2 radical (unpaired) electrons. The predicted octanol–water partition coefficient (Wildman–Crippen LogP) is -0.123. The summed E-state index contributed by atoms with van der Waals surface area (Å²) >= 11 is 0. The molecule has 0 spiro atoms. The first-order valence-corrected chi connectivity index (χ1v) is 9.84. The van der Waals surface area contributed by atoms with Gasteiger partial charge in [0.1, 0.15) is 7.11 Å². The number of likely N-dealkylation sites (tertiary alicyclic amines) is 1. The van der Waals surface area contributed by atoms with Crippen molar-refractivity contribution in [3.63, 3.8) is 0 Å². The summed E-state index contributed by atoms with van der Waals surface area (Å²) in [6.45, 7) is 7.06. The van der Waals surface area contributed by atoms with Crippen LogP contribution in [-0.2, 0) is 23.8 Å². The summed E-state index contributed by atoms with van der Waals surface area (Å²) in [6, 6.07) is 0. The lowest BCUT2D eigenvalue weighted by molar-refractivity contribution is -0.139. The molecule has 4 N–H and O–H groups in total. The van der Waals surface area contributed by atoms with Gasteiger partial charge in [-0.25, -0.2) is 0 Å². The normalized spacial score (nSPS) is 18.9. The van der Waals surface area contributed by atoms with Gasteiger partial charge in [-0.05, 0) is 19.3 Å². The average Bonchev–Trinajstić information content (AvgIpc) is 2.94. The van der Waals surface area contributed by atoms with Crippen LogP contribution in [0.25, 0.3) is 0 Å². The van der Waals surface area contributed by atoms with Gasteiger partial charge in [-0.3, -0.25) is 14.5 Å². The number of aliphatic hydroxyl groups is 2. The standard InChI is InChI=1S/C20H34N2O7/c1-4-20(12-27-3,13-28-7-5-16(23)10-21)14-29-8-6-17(24)11-22-18(25)9-15(2)19(22)26/h3,16-17,23-24H,2,4-14,21H2,1H3. The van der Waals surface area contributed by atoms with Gasteiger partial charge in [0.25, 0.3) is 5.91 Å². The van der Waals surface area contributed by atoms with E-state index < -0.39 is 23.5 Å². The first-order chi connectivity index (χ1) is 13.8. The lowest BCUT2D eigenvalue weighted by atomic mass is 9.88. The molecule has 1 fully saturated rings. The topological polar surface area (TPSA) is 132 Å². The van der Waals surface area contributed by atoms with E-state index in [2.05, 4.69) is 6.58 Å². The molecule has 9 nitrogen and oxygen atoms in total. The maximum absolute atomic E-state index is 11.8. The molecule has 2 amide bonds. The number of amides is 2. The van der Waals surface area contributed by atoms with Crippen LogP contribution < -0.4 is 5.73 Å². The Bertz CT molecular complexity index is 543. The molecule has 1 rings (SSSR count). The van der Waals surface area contributed by atoms with E-state index >= 15 is 0 Å². The zero-order valence-corrected chi connectivity index (χ0v) is 17.2. The predicted molar refractivity (Wildman–Crippen MR) is 105 cm³/mol. The lowest BCUT2D eigenvalue weighted by Crippen LogP contribution is -2.38. The van der Waals surface area contributed by atoms with Crippen molar-refractivity contribution >= 4 is 11.8 Å². The number of nitrogens with zero attached hydrogens (tertiary/aromatic N) is 1. The number of β-amino-alcohol motifs (C(OH)–C–C–N with tert-alkyl or cyclic N) is 1. The highest BCUT2D eigenvalue weighted by molar-refractivity contribution is 6.12. The van der Waals surface area contributed by atoms with Crippen LogP contribution in [0.3, 0.4) is 0 Å². The molecular weight excluding hydrogens is 380 g/mol. The fraction of sp³-hybridized carbons (Fsp3) is 0.750. The second-order valence-electron chi connectivity index (χ2n) is 7.48. The number of carbonyl (C=O) groups is 2. The number of carbonyl (C=O) groups excluding carboxylic acids is 2. The third kappa shape index (κ3) is 8.49. The van der Waals surface area contributed by atoms with Gasteiger partial charge < -0.3 is 30.2 Å². The van der Waals surface area contributed by atoms with Crippen molar-refractivity contribution in [2.75, 3.05) is 46.1 Å². The monoisotopic (exact) mass is 414 g/mol. The van der Waals surface area contributed by atoms with Gasteiger partial charge in [-0.2, -0.15) is 0 Å². The molecular formula is C20H34N2O7. The van der Waals surface area contributed by atoms with Crippen LogP contribution in [-0.4, -0.2) is 85.3 Å². The van der Waals surface area contributed by atoms with Crippen LogP contribution in [0.4, 0.5) is 0 Å². The van der Waals surface area contributed by atoms with Gasteiger partial charge in [0.15, 0.2) is 0 Å². The van der Waals surface area contributed by atoms with E-state index in [0.29, 0.717) is 32.7 Å². The van der Waals surface area contributed by atoms with Crippen molar-refractivity contribution in [1.82, 2.24) is 4.90 Å². The molecule has 1 heterocycles. The molecule has 0 saturated carbocycles. The van der Waals surface area contributed by atoms with Crippen LogP contribution in [0.2, 0.25) is 0 Å². The second kappa shape index (κ2) is 13.0. The number of imide groups is 1. The van der Waals surface area contributed by atoms with Crippen molar-refractivity contribution in [2.24, 2.45) is 11.1 Å². The maximum Gasteiger partial charge on any atom is 0.256 e. The van der Waals surface area contributed by atoms with Crippen molar-refractivity contribution in [1.29, 1.82) is 0 Å². The summed E-state index contributed by atoms with van der Waals surface area (Å²) < 4.78 is 16.2. The van der Waals surface area contributed by atoms with Crippen molar-refractivity contribution < 1.29 is 34.0 Å². The average molecular weight is 414 g/mol. The second-order valence-corrected chi connectivity index (χ2v) is 7.48. The Balaban J connectivity index is 2.38. The van der Waals surface area contributed by atoms with Gasteiger partial charge in [-0.1, -0.05) is 13.5 Å². The number of aliphatic hydroxyl groups excluding tert-OH is 2. The Labute approximate surface area is 172 Å². The molecule has 0 aromatic carbocycles. The van der Waals surface area contributed by atoms with Gasteiger partial charge in [0.2, 0.25) is 5.91 Å². The summed E-state index contributed by atoms with van der Waals surface area (Å²) in [5.41, 5.74) is 5.14. The van der Waals surface area contributed by atoms with Crippen LogP contribution in [0, 0.1) is 12.5 Å². The molecule has 0 bridgehead atoms. The van der Waals surface area contributed by atoms with Crippen LogP contribution >= 0.6 is 0 Å². The molecule has 166 valence electrons. The first kappa shape index (κ1) is 25.7. The van der Waals surface area contributed by atoms with Crippen molar-refractivity contribution in [3.05, 3.63) is 19.3 Å². The highest BCUT2D eigenvalue weighted by atomic mass is 16.5. The number of nitrogens with two attached hydrogens (primary N) is 1. The minimum absolute atomic E-state index is 0.00245. The van der Waals surface area contributed by atoms with E-state index in [1.54, 1.807) is 0 Å². The summed E-state index contributed by atoms with van der Waals surface area (Å²) in [7, 11) is 5.26. The molecule has 3 unspecified atom stereocenters. The lowest BCUT2D eigenvalue weighted by Gasteiger charge is -2.31. The fourth-order valence-electron chi connectivity index (χ4n) is 2.89. The van der Waals surface area contributed by atoms with E-state index in [-0.39, 0.29) is 50.6 Å². The Kier molecular flexibility index (Phi) is 11.6. The molecule has 0 aromatic rings. The first-order valence-electron chi connectivity index (χ1n) is 9.84. The minimum Gasteiger partial charge on any atom is -0.392 e. The molecule has 29 heavy (non-hydrogen) atoms. The minimum atomic E-state index is -0.885. The Morgan fingerprint density at radius 3 is 2.21 bits per heavy atom. The van der Waals surface area contributed by atoms with E-state index in [9.17, 15) is 19.8 Å². The Morgan fingerprint density at radius 2 is 1.76 bits per heavy atom. The maximum atomic E-state index is 11.8. The molecule has 1 saturated heterocycles. The highest BCUT2D eigenvalue weighted by Gasteiger charge is 2.34. The molecule has 1 aliphatic heterocycles. The van der Waals surface area contributed by atoms with E-state index in [0.717, 1.165) is 4.90 Å². The van der Waals surface area contributed by atoms with Gasteiger partial charge in [0, 0.05) is 30.7 Å². The van der Waals surface area contributed by atoms with E-state index in [4.69, 9.17) is 27.1 Å². The quantitative estimate of drug-likeness (QED) is 0.181. The number of hydrogen-bond acceptors (Lipinski definition) is 8. The Morgan fingerprint density at radius 1 is 1.17 bits per heavy atom. The molecule has 0 aromatic heterocycles. The molecule has 1 aliphatic rings. The third-order valence-corrected chi connectivity index (χ3v) is 5.03. The zero-order chi connectivity index (χ0) is 21.9.